The molecular weight excluding hydrogens is 296 g/mol. The van der Waals surface area contributed by atoms with Crippen LogP contribution in [0.4, 0.5) is 11.5 Å². The minimum atomic E-state index is -0.181. The highest BCUT2D eigenvalue weighted by Gasteiger charge is 2.06. The van der Waals surface area contributed by atoms with Crippen molar-refractivity contribution >= 4 is 40.8 Å². The largest absolute Gasteiger partial charge is 0.398 e. The van der Waals surface area contributed by atoms with Gasteiger partial charge in [-0.1, -0.05) is 17.7 Å². The molecule has 0 bridgehead atoms. The number of hydrazine groups is 1. The lowest BCUT2D eigenvalue weighted by Crippen LogP contribution is -2.31. The fraction of sp³-hybridized carbons (Fsp3) is 0.0769. The predicted octanol–water partition coefficient (Wildman–Crippen LogP) is 2.55. The SMILES string of the molecule is Nc1ccc(Cl)cc1SCC(=O)NNc1ccccn1. The van der Waals surface area contributed by atoms with Crippen molar-refractivity contribution in [1.82, 2.24) is 10.4 Å². The summed E-state index contributed by atoms with van der Waals surface area (Å²) in [6.45, 7) is 0. The number of carbonyl (C=O) groups is 1. The fourth-order valence-corrected chi connectivity index (χ4v) is 2.42. The van der Waals surface area contributed by atoms with Gasteiger partial charge in [-0.2, -0.15) is 0 Å². The van der Waals surface area contributed by atoms with Gasteiger partial charge in [0.15, 0.2) is 0 Å². The third-order valence-corrected chi connectivity index (χ3v) is 3.64. The third kappa shape index (κ3) is 4.32. The Morgan fingerprint density at radius 3 is 2.95 bits per heavy atom. The number of nitrogens with two attached hydrogens (primary N) is 1. The number of benzene rings is 1. The van der Waals surface area contributed by atoms with Crippen molar-refractivity contribution in [2.75, 3.05) is 16.9 Å². The number of rotatable bonds is 5. The van der Waals surface area contributed by atoms with Gasteiger partial charge in [-0.15, -0.1) is 11.8 Å². The number of nitrogens with one attached hydrogen (secondary N) is 2. The van der Waals surface area contributed by atoms with Crippen LogP contribution < -0.4 is 16.6 Å². The highest BCUT2D eigenvalue weighted by molar-refractivity contribution is 8.00. The van der Waals surface area contributed by atoms with E-state index < -0.39 is 0 Å². The van der Waals surface area contributed by atoms with E-state index in [-0.39, 0.29) is 11.7 Å². The summed E-state index contributed by atoms with van der Waals surface area (Å²) in [6, 6.07) is 10.5. The van der Waals surface area contributed by atoms with E-state index in [4.69, 9.17) is 17.3 Å². The molecule has 5 nitrogen and oxygen atoms in total. The Morgan fingerprint density at radius 2 is 2.20 bits per heavy atom. The Labute approximate surface area is 125 Å². The van der Waals surface area contributed by atoms with Gasteiger partial charge in [0.2, 0.25) is 5.91 Å². The molecule has 0 aliphatic heterocycles. The molecule has 1 aromatic heterocycles. The second-order valence-corrected chi connectivity index (χ2v) is 5.31. The second kappa shape index (κ2) is 7.02. The van der Waals surface area contributed by atoms with Crippen molar-refractivity contribution in [1.29, 1.82) is 0 Å². The van der Waals surface area contributed by atoms with Gasteiger partial charge in [0.05, 0.1) is 5.75 Å². The number of hydrogen-bond acceptors (Lipinski definition) is 5. The molecule has 2 rings (SSSR count). The molecule has 0 spiro atoms. The molecule has 1 heterocycles. The lowest BCUT2D eigenvalue weighted by atomic mass is 10.3. The van der Waals surface area contributed by atoms with Gasteiger partial charge in [0.1, 0.15) is 5.82 Å². The predicted molar refractivity (Wildman–Crippen MR) is 82.6 cm³/mol. The van der Waals surface area contributed by atoms with Crippen molar-refractivity contribution in [3.8, 4) is 0 Å². The Hall–Kier alpha value is -1.92. The Morgan fingerprint density at radius 1 is 1.35 bits per heavy atom. The molecule has 2 aromatic rings. The third-order valence-electron chi connectivity index (χ3n) is 2.33. The van der Waals surface area contributed by atoms with Gasteiger partial charge < -0.3 is 5.73 Å². The summed E-state index contributed by atoms with van der Waals surface area (Å²) in [6.07, 6.45) is 1.63. The highest BCUT2D eigenvalue weighted by Crippen LogP contribution is 2.27. The van der Waals surface area contributed by atoms with Crippen molar-refractivity contribution < 1.29 is 4.79 Å². The first-order chi connectivity index (χ1) is 9.65. The number of amides is 1. The number of nitrogen functional groups attached to an aromatic ring is 1. The van der Waals surface area contributed by atoms with E-state index in [1.807, 2.05) is 6.07 Å². The summed E-state index contributed by atoms with van der Waals surface area (Å²) in [5, 5.41) is 0.591. The van der Waals surface area contributed by atoms with Crippen LogP contribution in [0.15, 0.2) is 47.5 Å². The number of nitrogens with zero attached hydrogens (tertiary/aromatic N) is 1. The molecule has 0 saturated carbocycles. The molecule has 0 unspecified atom stereocenters. The van der Waals surface area contributed by atoms with Crippen LogP contribution in [-0.2, 0) is 4.79 Å². The lowest BCUT2D eigenvalue weighted by Gasteiger charge is -2.08. The van der Waals surface area contributed by atoms with Crippen LogP contribution >= 0.6 is 23.4 Å². The van der Waals surface area contributed by atoms with Gasteiger partial charge in [-0.05, 0) is 30.3 Å². The maximum absolute atomic E-state index is 11.7. The van der Waals surface area contributed by atoms with E-state index in [1.165, 1.54) is 11.8 Å². The maximum atomic E-state index is 11.7. The van der Waals surface area contributed by atoms with Crippen LogP contribution in [-0.4, -0.2) is 16.6 Å². The van der Waals surface area contributed by atoms with E-state index in [0.717, 1.165) is 4.90 Å². The van der Waals surface area contributed by atoms with E-state index >= 15 is 0 Å². The van der Waals surface area contributed by atoms with Gasteiger partial charge >= 0.3 is 0 Å². The van der Waals surface area contributed by atoms with E-state index in [0.29, 0.717) is 16.5 Å². The Bertz CT molecular complexity index is 594. The summed E-state index contributed by atoms with van der Waals surface area (Å²) in [7, 11) is 0. The number of carbonyl (C=O) groups excluding carboxylic acids is 1. The summed E-state index contributed by atoms with van der Waals surface area (Å²) in [5.41, 5.74) is 11.7. The molecule has 1 amide bonds. The van der Waals surface area contributed by atoms with E-state index in [2.05, 4.69) is 15.8 Å². The summed E-state index contributed by atoms with van der Waals surface area (Å²) < 4.78 is 0. The molecule has 0 saturated heterocycles. The first-order valence-electron chi connectivity index (χ1n) is 5.79. The van der Waals surface area contributed by atoms with Crippen LogP contribution in [0.1, 0.15) is 0 Å². The minimum absolute atomic E-state index is 0.181. The van der Waals surface area contributed by atoms with Gasteiger partial charge in [-0.25, -0.2) is 4.98 Å². The zero-order chi connectivity index (χ0) is 14.4. The smallest absolute Gasteiger partial charge is 0.248 e. The standard InChI is InChI=1S/C13H13ClN4OS/c14-9-4-5-10(15)11(7-9)20-8-13(19)18-17-12-3-1-2-6-16-12/h1-7H,8,15H2,(H,16,17)(H,18,19). The van der Waals surface area contributed by atoms with E-state index in [9.17, 15) is 4.79 Å². The number of halogens is 1. The van der Waals surface area contributed by atoms with Crippen LogP contribution in [0.5, 0.6) is 0 Å². The highest BCUT2D eigenvalue weighted by atomic mass is 35.5. The molecule has 1 aromatic carbocycles. The summed E-state index contributed by atoms with van der Waals surface area (Å²) in [4.78, 5) is 16.5. The van der Waals surface area contributed by atoms with Crippen molar-refractivity contribution in [2.45, 2.75) is 4.90 Å². The molecule has 0 fully saturated rings. The molecule has 4 N–H and O–H groups in total. The topological polar surface area (TPSA) is 80.0 Å². The van der Waals surface area contributed by atoms with Gasteiger partial charge in [0, 0.05) is 21.8 Å². The average Bonchev–Trinajstić information content (AvgIpc) is 2.47. The molecule has 0 atom stereocenters. The molecule has 0 aliphatic carbocycles. The summed E-state index contributed by atoms with van der Waals surface area (Å²) in [5.74, 6) is 0.623. The number of hydrogen-bond donors (Lipinski definition) is 3. The molecular formula is C13H13ClN4OS. The molecule has 20 heavy (non-hydrogen) atoms. The lowest BCUT2D eigenvalue weighted by molar-refractivity contribution is -0.118. The fourth-order valence-electron chi connectivity index (χ4n) is 1.38. The summed E-state index contributed by atoms with van der Waals surface area (Å²) >= 11 is 7.21. The van der Waals surface area contributed by atoms with Crippen LogP contribution in [0.2, 0.25) is 5.02 Å². The Kier molecular flexibility index (Phi) is 5.09. The molecule has 0 radical (unpaired) electrons. The van der Waals surface area contributed by atoms with Gasteiger partial charge in [-0.3, -0.25) is 15.6 Å². The number of aromatic nitrogens is 1. The second-order valence-electron chi connectivity index (χ2n) is 3.86. The Balaban J connectivity index is 1.82. The van der Waals surface area contributed by atoms with Crippen LogP contribution in [0.3, 0.4) is 0 Å². The van der Waals surface area contributed by atoms with Crippen molar-refractivity contribution in [3.05, 3.63) is 47.6 Å². The normalized spacial score (nSPS) is 10.1. The monoisotopic (exact) mass is 308 g/mol. The van der Waals surface area contributed by atoms with Crippen LogP contribution in [0.25, 0.3) is 0 Å². The van der Waals surface area contributed by atoms with Crippen molar-refractivity contribution in [2.24, 2.45) is 0 Å². The molecule has 104 valence electrons. The zero-order valence-electron chi connectivity index (χ0n) is 10.5. The maximum Gasteiger partial charge on any atom is 0.248 e. The van der Waals surface area contributed by atoms with Gasteiger partial charge in [0.25, 0.3) is 0 Å². The van der Waals surface area contributed by atoms with E-state index in [1.54, 1.807) is 36.5 Å². The number of thioether (sulfide) groups is 1. The molecule has 7 heteroatoms. The van der Waals surface area contributed by atoms with Crippen LogP contribution in [0, 0.1) is 0 Å². The number of pyridine rings is 1. The molecule has 0 aliphatic rings. The first-order valence-corrected chi connectivity index (χ1v) is 7.15. The first kappa shape index (κ1) is 14.5. The average molecular weight is 309 g/mol. The zero-order valence-corrected chi connectivity index (χ0v) is 12.0. The quantitative estimate of drug-likeness (QED) is 0.449. The number of anilines is 2. The minimum Gasteiger partial charge on any atom is -0.398 e. The van der Waals surface area contributed by atoms with Crippen molar-refractivity contribution in [3.63, 3.8) is 0 Å².